The fourth-order valence-corrected chi connectivity index (χ4v) is 4.07. The predicted octanol–water partition coefficient (Wildman–Crippen LogP) is 5.44. The van der Waals surface area contributed by atoms with Crippen LogP contribution in [0.5, 0.6) is 11.5 Å². The normalized spacial score (nSPS) is 16.7. The number of fused-ring (bicyclic) bond motifs is 1. The molecule has 0 atom stereocenters. The number of carbonyl (C=O) groups excluding carboxylic acids is 1. The van der Waals surface area contributed by atoms with Crippen LogP contribution in [0, 0.1) is 0 Å². The molecule has 1 heterocycles. The van der Waals surface area contributed by atoms with E-state index in [4.69, 9.17) is 9.47 Å². The lowest BCUT2D eigenvalue weighted by atomic mass is 9.93. The van der Waals surface area contributed by atoms with E-state index in [-0.39, 0.29) is 0 Å². The first-order chi connectivity index (χ1) is 12.8. The molecular weight excluding hydrogens is 326 g/mol. The number of hydrogen-bond acceptors (Lipinski definition) is 3. The highest BCUT2D eigenvalue weighted by Gasteiger charge is 2.26. The lowest BCUT2D eigenvalue weighted by Gasteiger charge is -2.34. The van der Waals surface area contributed by atoms with Gasteiger partial charge < -0.3 is 14.4 Å². The lowest BCUT2D eigenvalue weighted by Crippen LogP contribution is -2.40. The van der Waals surface area contributed by atoms with Crippen molar-refractivity contribution in [3.8, 4) is 11.5 Å². The average molecular weight is 360 g/mol. The minimum Gasteiger partial charge on any atom is -0.454 e. The molecule has 144 valence electrons. The molecule has 0 radical (unpaired) electrons. The minimum absolute atomic E-state index is 0.293. The Morgan fingerprint density at radius 2 is 1.81 bits per heavy atom. The van der Waals surface area contributed by atoms with Gasteiger partial charge in [0, 0.05) is 19.0 Å². The largest absolute Gasteiger partial charge is 0.454 e. The summed E-state index contributed by atoms with van der Waals surface area (Å²) in [6.45, 7) is 3.21. The number of hydrogen-bond donors (Lipinski definition) is 0. The summed E-state index contributed by atoms with van der Waals surface area (Å²) in [5.41, 5.74) is 1.14. The number of nitrogens with zero attached hydrogens (tertiary/aromatic N) is 1. The standard InChI is InChI=1S/C22H33NO3/c1-2-3-4-5-9-12-22(24)23(19-10-7-6-8-11-19)16-18-13-14-20-21(15-18)26-17-25-20/h13-15,19H,2-12,16-17H2,1H3. The van der Waals surface area contributed by atoms with Crippen molar-refractivity contribution in [1.29, 1.82) is 0 Å². The maximum atomic E-state index is 13.0. The van der Waals surface area contributed by atoms with Gasteiger partial charge >= 0.3 is 0 Å². The number of carbonyl (C=O) groups is 1. The first-order valence-corrected chi connectivity index (χ1v) is 10.5. The van der Waals surface area contributed by atoms with Crippen LogP contribution in [-0.4, -0.2) is 23.6 Å². The summed E-state index contributed by atoms with van der Waals surface area (Å²) >= 11 is 0. The maximum Gasteiger partial charge on any atom is 0.231 e. The van der Waals surface area contributed by atoms with Gasteiger partial charge in [-0.1, -0.05) is 57.9 Å². The Morgan fingerprint density at radius 3 is 2.62 bits per heavy atom. The van der Waals surface area contributed by atoms with Crippen LogP contribution in [0.1, 0.15) is 83.1 Å². The smallest absolute Gasteiger partial charge is 0.231 e. The van der Waals surface area contributed by atoms with Crippen molar-refractivity contribution >= 4 is 5.91 Å². The van der Waals surface area contributed by atoms with Crippen molar-refractivity contribution in [2.45, 2.75) is 90.1 Å². The molecule has 2 aliphatic rings. The monoisotopic (exact) mass is 359 g/mol. The van der Waals surface area contributed by atoms with Crippen LogP contribution in [-0.2, 0) is 11.3 Å². The van der Waals surface area contributed by atoms with Gasteiger partial charge in [-0.25, -0.2) is 0 Å². The number of ether oxygens (including phenoxy) is 2. The number of unbranched alkanes of at least 4 members (excludes halogenated alkanes) is 4. The highest BCUT2D eigenvalue weighted by atomic mass is 16.7. The third kappa shape index (κ3) is 5.15. The molecule has 0 saturated heterocycles. The first kappa shape index (κ1) is 19.1. The molecule has 4 heteroatoms. The fraction of sp³-hybridized carbons (Fsp3) is 0.682. The first-order valence-electron chi connectivity index (χ1n) is 10.5. The van der Waals surface area contributed by atoms with Gasteiger partial charge in [0.15, 0.2) is 11.5 Å². The van der Waals surface area contributed by atoms with Crippen LogP contribution in [0.2, 0.25) is 0 Å². The van der Waals surface area contributed by atoms with Gasteiger partial charge in [0.2, 0.25) is 12.7 Å². The second-order valence-corrected chi connectivity index (χ2v) is 7.67. The second-order valence-electron chi connectivity index (χ2n) is 7.67. The van der Waals surface area contributed by atoms with Gasteiger partial charge in [0.25, 0.3) is 0 Å². The molecule has 0 bridgehead atoms. The van der Waals surface area contributed by atoms with Crippen LogP contribution < -0.4 is 9.47 Å². The summed E-state index contributed by atoms with van der Waals surface area (Å²) in [5.74, 6) is 1.93. The zero-order valence-electron chi connectivity index (χ0n) is 16.2. The molecule has 4 nitrogen and oxygen atoms in total. The zero-order valence-corrected chi connectivity index (χ0v) is 16.2. The zero-order chi connectivity index (χ0) is 18.2. The molecule has 0 unspecified atom stereocenters. The Morgan fingerprint density at radius 1 is 1.04 bits per heavy atom. The molecule has 1 fully saturated rings. The molecule has 1 saturated carbocycles. The molecule has 0 N–H and O–H groups in total. The molecule has 1 aromatic carbocycles. The average Bonchev–Trinajstić information content (AvgIpc) is 3.14. The quantitative estimate of drug-likeness (QED) is 0.551. The molecule has 3 rings (SSSR count). The van der Waals surface area contributed by atoms with E-state index < -0.39 is 0 Å². The van der Waals surface area contributed by atoms with Gasteiger partial charge in [-0.2, -0.15) is 0 Å². The molecule has 1 aromatic rings. The Kier molecular flexibility index (Phi) is 7.22. The van der Waals surface area contributed by atoms with Crippen molar-refractivity contribution in [1.82, 2.24) is 4.90 Å². The van der Waals surface area contributed by atoms with E-state index >= 15 is 0 Å². The van der Waals surface area contributed by atoms with Crippen molar-refractivity contribution in [3.63, 3.8) is 0 Å². The molecule has 0 aromatic heterocycles. The summed E-state index contributed by atoms with van der Waals surface area (Å²) in [5, 5.41) is 0. The third-order valence-electron chi connectivity index (χ3n) is 5.62. The molecule has 0 spiro atoms. The van der Waals surface area contributed by atoms with Crippen LogP contribution >= 0.6 is 0 Å². The molecule has 1 amide bonds. The third-order valence-corrected chi connectivity index (χ3v) is 5.62. The van der Waals surface area contributed by atoms with Crippen LogP contribution in [0.4, 0.5) is 0 Å². The van der Waals surface area contributed by atoms with E-state index in [2.05, 4.69) is 17.9 Å². The second kappa shape index (κ2) is 9.84. The van der Waals surface area contributed by atoms with E-state index in [0.717, 1.165) is 36.3 Å². The van der Waals surface area contributed by atoms with Crippen LogP contribution in [0.3, 0.4) is 0 Å². The van der Waals surface area contributed by atoms with Gasteiger partial charge in [-0.15, -0.1) is 0 Å². The van der Waals surface area contributed by atoms with Gasteiger partial charge in [-0.3, -0.25) is 4.79 Å². The van der Waals surface area contributed by atoms with Gasteiger partial charge in [0.1, 0.15) is 0 Å². The lowest BCUT2D eigenvalue weighted by molar-refractivity contribution is -0.135. The highest BCUT2D eigenvalue weighted by Crippen LogP contribution is 2.33. The van der Waals surface area contributed by atoms with E-state index in [9.17, 15) is 4.79 Å². The number of amides is 1. The molecular formula is C22H33NO3. The molecule has 26 heavy (non-hydrogen) atoms. The number of benzene rings is 1. The van der Waals surface area contributed by atoms with Gasteiger partial charge in [0.05, 0.1) is 0 Å². The minimum atomic E-state index is 0.293. The van der Waals surface area contributed by atoms with Crippen molar-refractivity contribution in [2.24, 2.45) is 0 Å². The topological polar surface area (TPSA) is 38.8 Å². The van der Waals surface area contributed by atoms with Crippen LogP contribution in [0.15, 0.2) is 18.2 Å². The molecule has 1 aliphatic carbocycles. The summed E-state index contributed by atoms with van der Waals surface area (Å²) < 4.78 is 10.9. The number of rotatable bonds is 9. The maximum absolute atomic E-state index is 13.0. The van der Waals surface area contributed by atoms with E-state index in [0.29, 0.717) is 31.7 Å². The summed E-state index contributed by atoms with van der Waals surface area (Å²) in [6.07, 6.45) is 12.7. The van der Waals surface area contributed by atoms with Crippen molar-refractivity contribution < 1.29 is 14.3 Å². The summed E-state index contributed by atoms with van der Waals surface area (Å²) in [7, 11) is 0. The summed E-state index contributed by atoms with van der Waals surface area (Å²) in [6, 6.07) is 6.47. The summed E-state index contributed by atoms with van der Waals surface area (Å²) in [4.78, 5) is 15.1. The molecule has 1 aliphatic heterocycles. The SMILES string of the molecule is CCCCCCCC(=O)N(Cc1ccc2c(c1)OCO2)C1CCCCC1. The predicted molar refractivity (Wildman–Crippen MR) is 103 cm³/mol. The van der Waals surface area contributed by atoms with Crippen molar-refractivity contribution in [3.05, 3.63) is 23.8 Å². The van der Waals surface area contributed by atoms with Crippen LogP contribution in [0.25, 0.3) is 0 Å². The van der Waals surface area contributed by atoms with Crippen molar-refractivity contribution in [2.75, 3.05) is 6.79 Å². The Bertz CT molecular complexity index is 581. The highest BCUT2D eigenvalue weighted by molar-refractivity contribution is 5.76. The van der Waals surface area contributed by atoms with E-state index in [1.54, 1.807) is 0 Å². The Balaban J connectivity index is 1.62. The van der Waals surface area contributed by atoms with E-state index in [1.165, 1.54) is 44.9 Å². The fourth-order valence-electron chi connectivity index (χ4n) is 4.07. The van der Waals surface area contributed by atoms with Gasteiger partial charge in [-0.05, 0) is 37.0 Å². The van der Waals surface area contributed by atoms with E-state index in [1.807, 2.05) is 12.1 Å². The Hall–Kier alpha value is -1.71. The Labute approximate surface area is 157 Å².